The molecule has 1 aromatic heterocycles. The first-order valence-electron chi connectivity index (χ1n) is 19.0. The fourth-order valence-corrected chi connectivity index (χ4v) is 10.1. The van der Waals surface area contributed by atoms with Gasteiger partial charge in [0.25, 0.3) is 0 Å². The number of nitrogens with zero attached hydrogens (tertiary/aromatic N) is 5. The van der Waals surface area contributed by atoms with Crippen molar-refractivity contribution in [3.05, 3.63) is 150 Å². The van der Waals surface area contributed by atoms with E-state index in [1.807, 2.05) is 54.6 Å². The minimum Gasteiger partial charge on any atom is -0.208 e. The average Bonchev–Trinajstić information content (AvgIpc) is 3.23. The van der Waals surface area contributed by atoms with Gasteiger partial charge in [-0.2, -0.15) is 10.5 Å². The lowest BCUT2D eigenvalue weighted by Crippen LogP contribution is -2.48. The van der Waals surface area contributed by atoms with Crippen LogP contribution in [0.4, 0.5) is 0 Å². The average molecular weight is 696 g/mol. The zero-order chi connectivity index (χ0) is 36.2. The number of nitriles is 2. The van der Waals surface area contributed by atoms with Gasteiger partial charge >= 0.3 is 0 Å². The fraction of sp³-hybridized carbons (Fsp3) is 0.204. The lowest BCUT2D eigenvalue weighted by atomic mass is 9.48. The highest BCUT2D eigenvalue weighted by molar-refractivity contribution is 5.90. The summed E-state index contributed by atoms with van der Waals surface area (Å²) in [4.78, 5) is 15.0. The van der Waals surface area contributed by atoms with Gasteiger partial charge in [-0.05, 0) is 131 Å². The molecular weight excluding hydrogens is 659 g/mol. The molecule has 5 heteroatoms. The first-order valence-corrected chi connectivity index (χ1v) is 19.0. The van der Waals surface area contributed by atoms with Crippen LogP contribution in [0.1, 0.15) is 55.2 Å². The number of aromatic nitrogens is 3. The highest BCUT2D eigenvalue weighted by atomic mass is 15.0. The normalized spacial score (nSPS) is 21.1. The van der Waals surface area contributed by atoms with Crippen molar-refractivity contribution < 1.29 is 0 Å². The first kappa shape index (κ1) is 32.2. The lowest BCUT2D eigenvalue weighted by molar-refractivity contribution is -0.00518. The second-order valence-corrected chi connectivity index (χ2v) is 15.8. The Morgan fingerprint density at radius 3 is 1.43 bits per heavy atom. The molecule has 54 heavy (non-hydrogen) atoms. The number of fused-ring (bicyclic) bond motifs is 1. The van der Waals surface area contributed by atoms with E-state index >= 15 is 0 Å². The van der Waals surface area contributed by atoms with Gasteiger partial charge in [0.1, 0.15) is 0 Å². The highest BCUT2D eigenvalue weighted by Crippen LogP contribution is 2.60. The molecule has 0 unspecified atom stereocenters. The van der Waals surface area contributed by atoms with E-state index in [2.05, 4.69) is 84.9 Å². The Hall–Kier alpha value is -6.43. The topological polar surface area (TPSA) is 86.2 Å². The molecule has 0 atom stereocenters. The van der Waals surface area contributed by atoms with Crippen molar-refractivity contribution in [3.63, 3.8) is 0 Å². The zero-order valence-electron chi connectivity index (χ0n) is 29.9. The second-order valence-electron chi connectivity index (χ2n) is 15.8. The maximum Gasteiger partial charge on any atom is 0.164 e. The largest absolute Gasteiger partial charge is 0.208 e. The third-order valence-electron chi connectivity index (χ3n) is 12.3. The van der Waals surface area contributed by atoms with Crippen molar-refractivity contribution in [1.82, 2.24) is 15.0 Å². The van der Waals surface area contributed by atoms with E-state index in [4.69, 9.17) is 15.0 Å². The van der Waals surface area contributed by atoms with E-state index in [-0.39, 0.29) is 0 Å². The molecule has 0 amide bonds. The molecule has 4 aliphatic rings. The lowest BCUT2D eigenvalue weighted by Gasteiger charge is -2.57. The van der Waals surface area contributed by atoms with Crippen LogP contribution >= 0.6 is 0 Å². The number of hydrogen-bond acceptors (Lipinski definition) is 5. The number of benzene rings is 6. The van der Waals surface area contributed by atoms with Gasteiger partial charge in [-0.1, -0.05) is 103 Å². The fourth-order valence-electron chi connectivity index (χ4n) is 10.1. The second kappa shape index (κ2) is 12.9. The van der Waals surface area contributed by atoms with Gasteiger partial charge in [-0.3, -0.25) is 0 Å². The van der Waals surface area contributed by atoms with Crippen molar-refractivity contribution in [3.8, 4) is 68.6 Å². The summed E-state index contributed by atoms with van der Waals surface area (Å²) in [5.74, 6) is 4.69. The monoisotopic (exact) mass is 695 g/mol. The molecule has 4 saturated carbocycles. The molecule has 0 N–H and O–H groups in total. The Labute approximate surface area is 315 Å². The summed E-state index contributed by atoms with van der Waals surface area (Å²) < 4.78 is 0. The molecule has 0 aliphatic heterocycles. The molecule has 5 nitrogen and oxygen atoms in total. The maximum atomic E-state index is 9.48. The smallest absolute Gasteiger partial charge is 0.164 e. The van der Waals surface area contributed by atoms with Gasteiger partial charge in [0.15, 0.2) is 17.5 Å². The standard InChI is InChI=1S/C49H37N5/c50-29-34-21-35(30-51)23-44(22-34)42-11-10-41-25-43(13-12-40(41)24-42)48-53-46(38-4-2-1-3-5-38)52-47(54-48)39-8-6-36(7-9-39)37-14-16-45(17-15-37)49-26-31-18-32(27-49)20-33(19-31)28-49/h1-17,21-25,31-33H,18-20,26-28H2. The first-order chi connectivity index (χ1) is 26.5. The molecule has 6 aromatic carbocycles. The number of rotatable bonds is 6. The molecule has 7 aromatic rings. The van der Waals surface area contributed by atoms with E-state index in [1.165, 1.54) is 49.7 Å². The van der Waals surface area contributed by atoms with Crippen LogP contribution in [0.2, 0.25) is 0 Å². The van der Waals surface area contributed by atoms with Crippen LogP contribution in [0.5, 0.6) is 0 Å². The van der Waals surface area contributed by atoms with Gasteiger partial charge in [0.2, 0.25) is 0 Å². The van der Waals surface area contributed by atoms with Gasteiger partial charge < -0.3 is 0 Å². The van der Waals surface area contributed by atoms with E-state index in [9.17, 15) is 10.5 Å². The van der Waals surface area contributed by atoms with Crippen LogP contribution in [-0.4, -0.2) is 15.0 Å². The van der Waals surface area contributed by atoms with Gasteiger partial charge in [-0.25, -0.2) is 15.0 Å². The van der Waals surface area contributed by atoms with Crippen molar-refractivity contribution in [2.75, 3.05) is 0 Å². The van der Waals surface area contributed by atoms with E-state index in [0.29, 0.717) is 34.0 Å². The summed E-state index contributed by atoms with van der Waals surface area (Å²) in [6.45, 7) is 0. The Kier molecular flexibility index (Phi) is 7.70. The summed E-state index contributed by atoms with van der Waals surface area (Å²) in [6.07, 6.45) is 8.56. The van der Waals surface area contributed by atoms with Crippen LogP contribution in [0.25, 0.3) is 67.2 Å². The molecule has 4 bridgehead atoms. The van der Waals surface area contributed by atoms with Gasteiger partial charge in [0.05, 0.1) is 23.3 Å². The molecule has 4 aliphatic carbocycles. The number of hydrogen-bond donors (Lipinski definition) is 0. The van der Waals surface area contributed by atoms with E-state index in [1.54, 1.807) is 11.6 Å². The maximum absolute atomic E-state index is 9.48. The van der Waals surface area contributed by atoms with Crippen LogP contribution in [0.3, 0.4) is 0 Å². The predicted molar refractivity (Wildman–Crippen MR) is 214 cm³/mol. The highest BCUT2D eigenvalue weighted by Gasteiger charge is 2.51. The van der Waals surface area contributed by atoms with Gasteiger partial charge in [-0.15, -0.1) is 0 Å². The van der Waals surface area contributed by atoms with Gasteiger partial charge in [0, 0.05) is 16.7 Å². The Balaban J connectivity index is 0.963. The van der Waals surface area contributed by atoms with E-state index < -0.39 is 0 Å². The molecular formula is C49H37N5. The molecule has 258 valence electrons. The quantitative estimate of drug-likeness (QED) is 0.173. The summed E-state index contributed by atoms with van der Waals surface area (Å²) in [7, 11) is 0. The third-order valence-corrected chi connectivity index (χ3v) is 12.3. The Morgan fingerprint density at radius 2 is 0.870 bits per heavy atom. The van der Waals surface area contributed by atoms with Crippen molar-refractivity contribution in [1.29, 1.82) is 10.5 Å². The van der Waals surface area contributed by atoms with Crippen LogP contribution in [-0.2, 0) is 5.41 Å². The van der Waals surface area contributed by atoms with Crippen LogP contribution < -0.4 is 0 Å². The Bertz CT molecular complexity index is 2580. The molecule has 4 fully saturated rings. The summed E-state index contributed by atoms with van der Waals surface area (Å²) in [6, 6.07) is 50.1. The SMILES string of the molecule is N#Cc1cc(C#N)cc(-c2ccc3cc(-c4nc(-c5ccccc5)nc(-c5ccc(-c6ccc(C78CC9CC(CC(C9)C7)C8)cc6)cc5)n4)ccc3c2)c1. The van der Waals surface area contributed by atoms with Crippen LogP contribution in [0, 0.1) is 40.4 Å². The molecule has 0 spiro atoms. The molecule has 1 heterocycles. The Morgan fingerprint density at radius 1 is 0.426 bits per heavy atom. The van der Waals surface area contributed by atoms with Crippen LogP contribution in [0.15, 0.2) is 133 Å². The minimum atomic E-state index is 0.409. The zero-order valence-corrected chi connectivity index (χ0v) is 29.9. The summed E-state index contributed by atoms with van der Waals surface area (Å²) in [5, 5.41) is 21.0. The molecule has 0 saturated heterocycles. The predicted octanol–water partition coefficient (Wildman–Crippen LogP) is 11.6. The minimum absolute atomic E-state index is 0.409. The summed E-state index contributed by atoms with van der Waals surface area (Å²) >= 11 is 0. The van der Waals surface area contributed by atoms with Crippen molar-refractivity contribution in [2.45, 2.75) is 43.9 Å². The molecule has 11 rings (SSSR count). The molecule has 0 radical (unpaired) electrons. The van der Waals surface area contributed by atoms with Crippen molar-refractivity contribution in [2.24, 2.45) is 17.8 Å². The van der Waals surface area contributed by atoms with E-state index in [0.717, 1.165) is 56.3 Å². The third kappa shape index (κ3) is 5.83. The van der Waals surface area contributed by atoms with Crippen molar-refractivity contribution >= 4 is 10.8 Å². The summed E-state index contributed by atoms with van der Waals surface area (Å²) in [5.41, 5.74) is 9.87.